The lowest BCUT2D eigenvalue weighted by Crippen LogP contribution is -2.25. The summed E-state index contributed by atoms with van der Waals surface area (Å²) < 4.78 is 14.6. The van der Waals surface area contributed by atoms with E-state index in [9.17, 15) is 4.21 Å². The summed E-state index contributed by atoms with van der Waals surface area (Å²) in [5, 5.41) is 0. The molecule has 0 saturated heterocycles. The third kappa shape index (κ3) is 4.74. The first-order chi connectivity index (χ1) is 7.61. The molecule has 0 bridgehead atoms. The van der Waals surface area contributed by atoms with Gasteiger partial charge in [0.05, 0.1) is 29.5 Å². The molecule has 0 spiro atoms. The number of benzene rings is 1. The first-order valence-corrected chi connectivity index (χ1v) is 6.46. The number of hydrogen-bond acceptors (Lipinski definition) is 3. The second-order valence-electron chi connectivity index (χ2n) is 3.77. The topological polar surface area (TPSA) is 50.4 Å². The molecule has 90 valence electrons. The Hall–Kier alpha value is -0.910. The van der Waals surface area contributed by atoms with Crippen molar-refractivity contribution in [3.05, 3.63) is 29.8 Å². The van der Waals surface area contributed by atoms with E-state index in [1.807, 2.05) is 38.1 Å². The zero-order valence-corrected chi connectivity index (χ0v) is 10.6. The second kappa shape index (κ2) is 6.62. The van der Waals surface area contributed by atoms with Crippen molar-refractivity contribution < 1.29 is 9.05 Å². The monoisotopic (exact) mass is 242 g/mol. The van der Waals surface area contributed by atoms with Gasteiger partial charge in [-0.25, -0.2) is 8.93 Å². The molecule has 1 aromatic rings. The largest absolute Gasteiger partial charge is 0.279 e. The first kappa shape index (κ1) is 13.2. The Bertz CT molecular complexity index is 338. The Kier molecular flexibility index (Phi) is 5.45. The maximum absolute atomic E-state index is 11.6. The van der Waals surface area contributed by atoms with Crippen LogP contribution in [-0.2, 0) is 21.6 Å². The minimum absolute atomic E-state index is 0.232. The van der Waals surface area contributed by atoms with Crippen LogP contribution in [0, 0.1) is 0 Å². The molecule has 0 fully saturated rings. The van der Waals surface area contributed by atoms with Crippen molar-refractivity contribution in [2.75, 3.05) is 12.6 Å². The molecule has 16 heavy (non-hydrogen) atoms. The van der Waals surface area contributed by atoms with Crippen LogP contribution in [-0.4, -0.2) is 17.4 Å². The van der Waals surface area contributed by atoms with Crippen molar-refractivity contribution in [2.45, 2.75) is 25.6 Å². The molecule has 1 atom stereocenters. The fraction of sp³-hybridized carbons (Fsp3) is 0.455. The van der Waals surface area contributed by atoms with E-state index in [0.717, 1.165) is 11.3 Å². The highest BCUT2D eigenvalue weighted by molar-refractivity contribution is 7.82. The summed E-state index contributed by atoms with van der Waals surface area (Å²) in [6, 6.07) is 7.88. The van der Waals surface area contributed by atoms with Crippen LogP contribution in [0.1, 0.15) is 19.4 Å². The molecule has 0 radical (unpaired) electrons. The summed E-state index contributed by atoms with van der Waals surface area (Å²) in [4.78, 5) is 4.78. The van der Waals surface area contributed by atoms with Crippen molar-refractivity contribution >= 4 is 16.7 Å². The van der Waals surface area contributed by atoms with Gasteiger partial charge in [0, 0.05) is 6.04 Å². The van der Waals surface area contributed by atoms with Crippen molar-refractivity contribution in [1.29, 1.82) is 0 Å². The van der Waals surface area contributed by atoms with Gasteiger partial charge in [-0.3, -0.25) is 10.3 Å². The lowest BCUT2D eigenvalue weighted by molar-refractivity contribution is 0.271. The number of anilines is 1. The average molecular weight is 242 g/mol. The molecule has 4 nitrogen and oxygen atoms in total. The molecule has 0 aliphatic heterocycles. The summed E-state index contributed by atoms with van der Waals surface area (Å²) in [5.41, 5.74) is 4.65. The highest BCUT2D eigenvalue weighted by Gasteiger charge is 2.03. The highest BCUT2D eigenvalue weighted by atomic mass is 32.2. The molecule has 0 saturated carbocycles. The lowest BCUT2D eigenvalue weighted by Gasteiger charge is -2.08. The van der Waals surface area contributed by atoms with Crippen LogP contribution >= 0.6 is 0 Å². The van der Waals surface area contributed by atoms with Crippen LogP contribution in [0.5, 0.6) is 0 Å². The lowest BCUT2D eigenvalue weighted by atomic mass is 10.2. The van der Waals surface area contributed by atoms with E-state index in [4.69, 9.17) is 4.84 Å². The minimum Gasteiger partial charge on any atom is -0.279 e. The van der Waals surface area contributed by atoms with E-state index in [1.165, 1.54) is 0 Å². The van der Waals surface area contributed by atoms with Crippen LogP contribution < -0.4 is 10.2 Å². The van der Waals surface area contributed by atoms with Gasteiger partial charge in [-0.05, 0) is 31.5 Å². The third-order valence-electron chi connectivity index (χ3n) is 1.84. The molecule has 2 N–H and O–H groups in total. The average Bonchev–Trinajstić information content (AvgIpc) is 2.20. The van der Waals surface area contributed by atoms with Gasteiger partial charge in [-0.15, -0.1) is 0 Å². The maximum Gasteiger partial charge on any atom is 0.0962 e. The van der Waals surface area contributed by atoms with Gasteiger partial charge >= 0.3 is 0 Å². The third-order valence-corrected chi connectivity index (χ3v) is 3.17. The highest BCUT2D eigenvalue weighted by Crippen LogP contribution is 2.10. The van der Waals surface area contributed by atoms with Gasteiger partial charge in [0.15, 0.2) is 0 Å². The summed E-state index contributed by atoms with van der Waals surface area (Å²) in [7, 11) is 0.552. The van der Waals surface area contributed by atoms with E-state index in [1.54, 1.807) is 7.11 Å². The summed E-state index contributed by atoms with van der Waals surface area (Å²) in [5.74, 6) is 0.519. The zero-order chi connectivity index (χ0) is 12.0. The van der Waals surface area contributed by atoms with E-state index in [2.05, 4.69) is 10.2 Å². The SMILES string of the molecule is CONc1ccc(CS(=O)NC(C)C)cc1. The molecule has 0 heterocycles. The molecule has 0 amide bonds. The molecule has 5 heteroatoms. The van der Waals surface area contributed by atoms with Gasteiger partial charge in [0.1, 0.15) is 0 Å². The summed E-state index contributed by atoms with van der Waals surface area (Å²) >= 11 is 0. The zero-order valence-electron chi connectivity index (χ0n) is 9.82. The molecular formula is C11H18N2O2S. The van der Waals surface area contributed by atoms with E-state index >= 15 is 0 Å². The molecule has 0 aromatic heterocycles. The predicted octanol–water partition coefficient (Wildman–Crippen LogP) is 1.82. The van der Waals surface area contributed by atoms with Crippen LogP contribution in [0.25, 0.3) is 0 Å². The van der Waals surface area contributed by atoms with Gasteiger partial charge in [-0.2, -0.15) is 0 Å². The van der Waals surface area contributed by atoms with Crippen LogP contribution in [0.3, 0.4) is 0 Å². The molecule has 0 aliphatic rings. The second-order valence-corrected chi connectivity index (χ2v) is 4.98. The Morgan fingerprint density at radius 3 is 2.44 bits per heavy atom. The molecule has 0 aliphatic carbocycles. The van der Waals surface area contributed by atoms with E-state index in [-0.39, 0.29) is 6.04 Å². The molecular weight excluding hydrogens is 224 g/mol. The van der Waals surface area contributed by atoms with E-state index in [0.29, 0.717) is 5.75 Å². The summed E-state index contributed by atoms with van der Waals surface area (Å²) in [6.07, 6.45) is 0. The van der Waals surface area contributed by atoms with Crippen LogP contribution in [0.15, 0.2) is 24.3 Å². The Balaban J connectivity index is 2.51. The fourth-order valence-corrected chi connectivity index (χ4v) is 2.35. The Labute approximate surface area is 98.9 Å². The summed E-state index contributed by atoms with van der Waals surface area (Å²) in [6.45, 7) is 3.95. The standard InChI is InChI=1S/C11H18N2O2S/c1-9(2)13-16(14)8-10-4-6-11(7-5-10)12-15-3/h4-7,9,12-13H,8H2,1-3H3. The van der Waals surface area contributed by atoms with Crippen molar-refractivity contribution in [3.8, 4) is 0 Å². The van der Waals surface area contributed by atoms with Crippen molar-refractivity contribution in [2.24, 2.45) is 0 Å². The van der Waals surface area contributed by atoms with Gasteiger partial charge in [-0.1, -0.05) is 12.1 Å². The smallest absolute Gasteiger partial charge is 0.0962 e. The fourth-order valence-electron chi connectivity index (χ4n) is 1.24. The predicted molar refractivity (Wildman–Crippen MR) is 67.2 cm³/mol. The molecule has 1 unspecified atom stereocenters. The normalized spacial score (nSPS) is 12.8. The van der Waals surface area contributed by atoms with Gasteiger partial charge in [0.25, 0.3) is 0 Å². The maximum atomic E-state index is 11.6. The van der Waals surface area contributed by atoms with E-state index < -0.39 is 11.0 Å². The van der Waals surface area contributed by atoms with Crippen LogP contribution in [0.2, 0.25) is 0 Å². The Morgan fingerprint density at radius 2 is 1.94 bits per heavy atom. The number of nitrogens with one attached hydrogen (secondary N) is 2. The quantitative estimate of drug-likeness (QED) is 0.748. The number of rotatable bonds is 6. The number of hydrogen-bond donors (Lipinski definition) is 2. The molecule has 1 rings (SSSR count). The van der Waals surface area contributed by atoms with Crippen molar-refractivity contribution in [3.63, 3.8) is 0 Å². The van der Waals surface area contributed by atoms with Crippen molar-refractivity contribution in [1.82, 2.24) is 4.72 Å². The van der Waals surface area contributed by atoms with Gasteiger partial charge < -0.3 is 0 Å². The van der Waals surface area contributed by atoms with Crippen LogP contribution in [0.4, 0.5) is 5.69 Å². The van der Waals surface area contributed by atoms with Gasteiger partial charge in [0.2, 0.25) is 0 Å². The molecule has 1 aromatic carbocycles. The minimum atomic E-state index is -1.01. The first-order valence-electron chi connectivity index (χ1n) is 5.14. The Morgan fingerprint density at radius 1 is 1.31 bits per heavy atom.